The molecule has 0 aliphatic heterocycles. The van der Waals surface area contributed by atoms with Crippen LogP contribution in [0.4, 0.5) is 0 Å². The fraction of sp³-hybridized carbons (Fsp3) is 0.211. The lowest BCUT2D eigenvalue weighted by molar-refractivity contribution is 0.0941. The van der Waals surface area contributed by atoms with Crippen molar-refractivity contribution in [2.24, 2.45) is 0 Å². The van der Waals surface area contributed by atoms with E-state index >= 15 is 0 Å². The number of hydrogen-bond acceptors (Lipinski definition) is 3. The van der Waals surface area contributed by atoms with Gasteiger partial charge in [0.25, 0.3) is 5.91 Å². The molecule has 0 saturated heterocycles. The molecule has 0 fully saturated rings. The van der Waals surface area contributed by atoms with Crippen molar-refractivity contribution in [2.75, 3.05) is 7.11 Å². The third-order valence-electron chi connectivity index (χ3n) is 3.89. The minimum Gasteiger partial charge on any atom is -0.496 e. The highest BCUT2D eigenvalue weighted by molar-refractivity contribution is 7.07. The number of ether oxygens (including phenoxy) is 1. The Kier molecular flexibility index (Phi) is 5.01. The molecule has 4 nitrogen and oxygen atoms in total. The number of amides is 1. The predicted octanol–water partition coefficient (Wildman–Crippen LogP) is 4.11. The summed E-state index contributed by atoms with van der Waals surface area (Å²) in [5.74, 6) is 0.664. The molecule has 124 valence electrons. The van der Waals surface area contributed by atoms with Gasteiger partial charge in [-0.05, 0) is 41.8 Å². The molecule has 0 saturated carbocycles. The van der Waals surface area contributed by atoms with Crippen LogP contribution in [-0.4, -0.2) is 24.0 Å². The predicted molar refractivity (Wildman–Crippen MR) is 97.7 cm³/mol. The second-order valence-corrected chi connectivity index (χ2v) is 6.47. The minimum atomic E-state index is -0.0834. The molecule has 2 aromatic heterocycles. The lowest BCUT2D eigenvalue weighted by Gasteiger charge is -2.14. The van der Waals surface area contributed by atoms with E-state index in [1.165, 1.54) is 5.56 Å². The number of hydrogen-bond donors (Lipinski definition) is 2. The Hall–Kier alpha value is -2.53. The third-order valence-corrected chi connectivity index (χ3v) is 4.62. The smallest absolute Gasteiger partial charge is 0.253 e. The van der Waals surface area contributed by atoms with E-state index in [-0.39, 0.29) is 11.9 Å². The molecular weight excluding hydrogens is 320 g/mol. The van der Waals surface area contributed by atoms with Gasteiger partial charge in [0, 0.05) is 29.6 Å². The largest absolute Gasteiger partial charge is 0.496 e. The molecule has 2 heterocycles. The zero-order valence-corrected chi connectivity index (χ0v) is 14.5. The van der Waals surface area contributed by atoms with Crippen molar-refractivity contribution >= 4 is 17.2 Å². The van der Waals surface area contributed by atoms with E-state index in [4.69, 9.17) is 4.74 Å². The van der Waals surface area contributed by atoms with E-state index < -0.39 is 0 Å². The molecule has 5 heteroatoms. The van der Waals surface area contributed by atoms with Crippen LogP contribution in [0, 0.1) is 0 Å². The molecule has 0 spiro atoms. The average Bonchev–Trinajstić information content (AvgIpc) is 3.25. The number of H-pyrrole nitrogens is 1. The Morgan fingerprint density at radius 2 is 2.08 bits per heavy atom. The maximum atomic E-state index is 12.7. The average molecular weight is 340 g/mol. The zero-order chi connectivity index (χ0) is 16.9. The number of carbonyl (C=O) groups is 1. The maximum Gasteiger partial charge on any atom is 0.253 e. The summed E-state index contributed by atoms with van der Waals surface area (Å²) in [6, 6.07) is 9.84. The highest BCUT2D eigenvalue weighted by atomic mass is 32.1. The van der Waals surface area contributed by atoms with Crippen LogP contribution >= 0.6 is 11.3 Å². The van der Waals surface area contributed by atoms with Crippen molar-refractivity contribution in [1.82, 2.24) is 10.3 Å². The first-order valence-electron chi connectivity index (χ1n) is 7.81. The number of para-hydroxylation sites is 1. The molecule has 3 aromatic rings. The molecular formula is C19H20N2O2S. The highest BCUT2D eigenvalue weighted by Gasteiger charge is 2.18. The van der Waals surface area contributed by atoms with Crippen LogP contribution in [0.3, 0.4) is 0 Å². The summed E-state index contributed by atoms with van der Waals surface area (Å²) in [7, 11) is 1.63. The monoisotopic (exact) mass is 340 g/mol. The quantitative estimate of drug-likeness (QED) is 0.709. The lowest BCUT2D eigenvalue weighted by Crippen LogP contribution is -2.34. The summed E-state index contributed by atoms with van der Waals surface area (Å²) >= 11 is 1.67. The molecule has 24 heavy (non-hydrogen) atoms. The Bertz CT molecular complexity index is 808. The van der Waals surface area contributed by atoms with Crippen LogP contribution in [-0.2, 0) is 6.42 Å². The van der Waals surface area contributed by atoms with Crippen molar-refractivity contribution in [3.63, 3.8) is 0 Å². The van der Waals surface area contributed by atoms with Crippen LogP contribution in [0.25, 0.3) is 11.1 Å². The van der Waals surface area contributed by atoms with E-state index in [9.17, 15) is 4.79 Å². The molecule has 1 atom stereocenters. The van der Waals surface area contributed by atoms with E-state index in [0.29, 0.717) is 5.56 Å². The van der Waals surface area contributed by atoms with Gasteiger partial charge in [-0.15, -0.1) is 0 Å². The Morgan fingerprint density at radius 3 is 2.83 bits per heavy atom. The molecule has 1 unspecified atom stereocenters. The van der Waals surface area contributed by atoms with Crippen molar-refractivity contribution in [3.05, 3.63) is 64.6 Å². The van der Waals surface area contributed by atoms with Crippen molar-refractivity contribution in [2.45, 2.75) is 19.4 Å². The van der Waals surface area contributed by atoms with Gasteiger partial charge in [0.15, 0.2) is 0 Å². The first-order valence-corrected chi connectivity index (χ1v) is 8.75. The molecule has 0 aliphatic rings. The minimum absolute atomic E-state index is 0.0625. The summed E-state index contributed by atoms with van der Waals surface area (Å²) in [5.41, 5.74) is 3.60. The fourth-order valence-electron chi connectivity index (χ4n) is 2.76. The molecule has 0 bridgehead atoms. The van der Waals surface area contributed by atoms with Gasteiger partial charge >= 0.3 is 0 Å². The molecule has 1 aromatic carbocycles. The first-order chi connectivity index (χ1) is 11.7. The van der Waals surface area contributed by atoms with Crippen LogP contribution in [0.1, 0.15) is 22.8 Å². The van der Waals surface area contributed by atoms with Crippen molar-refractivity contribution in [1.29, 1.82) is 0 Å². The molecule has 0 radical (unpaired) electrons. The highest BCUT2D eigenvalue weighted by Crippen LogP contribution is 2.32. The first kappa shape index (κ1) is 16.3. The van der Waals surface area contributed by atoms with Crippen LogP contribution in [0.5, 0.6) is 5.75 Å². The summed E-state index contributed by atoms with van der Waals surface area (Å²) in [5, 5.41) is 7.23. The number of nitrogens with one attached hydrogen (secondary N) is 2. The summed E-state index contributed by atoms with van der Waals surface area (Å²) in [6.07, 6.45) is 4.38. The molecule has 3 rings (SSSR count). The Labute approximate surface area is 145 Å². The Balaban J connectivity index is 1.78. The van der Waals surface area contributed by atoms with Gasteiger partial charge in [0.1, 0.15) is 5.75 Å². The topological polar surface area (TPSA) is 54.1 Å². The summed E-state index contributed by atoms with van der Waals surface area (Å²) in [4.78, 5) is 15.7. The number of methoxy groups -OCH3 is 1. The number of benzene rings is 1. The standard InChI is InChI=1S/C19H20N2O2S/c1-13(9-14-7-8-24-12-14)21-19(22)17-11-20-10-16(17)15-5-3-4-6-18(15)23-2/h3-8,10-13,20H,9H2,1-2H3,(H,21,22). The lowest BCUT2D eigenvalue weighted by atomic mass is 10.0. The molecule has 2 N–H and O–H groups in total. The van der Waals surface area contributed by atoms with E-state index in [2.05, 4.69) is 27.1 Å². The van der Waals surface area contributed by atoms with Gasteiger partial charge in [-0.2, -0.15) is 11.3 Å². The zero-order valence-electron chi connectivity index (χ0n) is 13.7. The number of aromatic amines is 1. The van der Waals surface area contributed by atoms with Crippen molar-refractivity contribution < 1.29 is 9.53 Å². The number of aromatic nitrogens is 1. The molecule has 0 aliphatic carbocycles. The second kappa shape index (κ2) is 7.36. The van der Waals surface area contributed by atoms with E-state index in [1.54, 1.807) is 24.6 Å². The Morgan fingerprint density at radius 1 is 1.25 bits per heavy atom. The van der Waals surface area contributed by atoms with Gasteiger partial charge in [0.2, 0.25) is 0 Å². The number of thiophene rings is 1. The van der Waals surface area contributed by atoms with Gasteiger partial charge in [-0.3, -0.25) is 4.79 Å². The normalized spacial score (nSPS) is 11.9. The third kappa shape index (κ3) is 3.51. The SMILES string of the molecule is COc1ccccc1-c1c[nH]cc1C(=O)NC(C)Cc1ccsc1. The van der Waals surface area contributed by atoms with Crippen molar-refractivity contribution in [3.8, 4) is 16.9 Å². The van der Waals surface area contributed by atoms with Gasteiger partial charge in [-0.1, -0.05) is 18.2 Å². The fourth-order valence-corrected chi connectivity index (χ4v) is 3.44. The second-order valence-electron chi connectivity index (χ2n) is 5.69. The van der Waals surface area contributed by atoms with E-state index in [1.807, 2.05) is 37.4 Å². The van der Waals surface area contributed by atoms with Gasteiger partial charge in [0.05, 0.1) is 12.7 Å². The van der Waals surface area contributed by atoms with Gasteiger partial charge in [-0.25, -0.2) is 0 Å². The summed E-state index contributed by atoms with van der Waals surface area (Å²) < 4.78 is 5.41. The van der Waals surface area contributed by atoms with Gasteiger partial charge < -0.3 is 15.0 Å². The number of carbonyl (C=O) groups excluding carboxylic acids is 1. The maximum absolute atomic E-state index is 12.7. The number of rotatable bonds is 6. The van der Waals surface area contributed by atoms with Crippen LogP contribution < -0.4 is 10.1 Å². The summed E-state index contributed by atoms with van der Waals surface area (Å²) in [6.45, 7) is 2.02. The molecule has 1 amide bonds. The van der Waals surface area contributed by atoms with E-state index in [0.717, 1.165) is 23.3 Å². The van der Waals surface area contributed by atoms with Crippen LogP contribution in [0.2, 0.25) is 0 Å². The van der Waals surface area contributed by atoms with Crippen LogP contribution in [0.15, 0.2) is 53.5 Å².